The molecule has 6 nitrogen and oxygen atoms in total. The fraction of sp³-hybridized carbons (Fsp3) is 0.300. The van der Waals surface area contributed by atoms with Crippen molar-refractivity contribution in [2.45, 2.75) is 57.4 Å². The fourth-order valence-corrected chi connectivity index (χ4v) is 4.99. The van der Waals surface area contributed by atoms with Crippen molar-refractivity contribution in [3.05, 3.63) is 100 Å². The van der Waals surface area contributed by atoms with Crippen molar-refractivity contribution in [1.29, 1.82) is 0 Å². The number of nitrogens with zero attached hydrogens (tertiary/aromatic N) is 1. The molecule has 0 aliphatic carbocycles. The van der Waals surface area contributed by atoms with E-state index in [1.54, 1.807) is 0 Å². The van der Waals surface area contributed by atoms with Crippen LogP contribution in [0.2, 0.25) is 0 Å². The average Bonchev–Trinajstić information content (AvgIpc) is 3.08. The minimum absolute atomic E-state index is 0.0601. The number of fused-ring (bicyclic) bond motifs is 1. The van der Waals surface area contributed by atoms with Crippen LogP contribution < -0.4 is 15.5 Å². The maximum absolute atomic E-state index is 14.8. The van der Waals surface area contributed by atoms with E-state index < -0.39 is 94.1 Å². The summed E-state index contributed by atoms with van der Waals surface area (Å²) in [7, 11) is 0. The van der Waals surface area contributed by atoms with E-state index in [9.17, 15) is 45.1 Å². The summed E-state index contributed by atoms with van der Waals surface area (Å²) in [5, 5.41) is 4.60. The molecule has 3 aromatic rings. The Balaban J connectivity index is 1.67. The van der Waals surface area contributed by atoms with Crippen molar-refractivity contribution >= 4 is 23.4 Å². The topological polar surface area (TPSA) is 78.5 Å². The quantitative estimate of drug-likeness (QED) is 0.275. The molecule has 228 valence electrons. The van der Waals surface area contributed by atoms with E-state index >= 15 is 0 Å². The van der Waals surface area contributed by atoms with Gasteiger partial charge in [0.15, 0.2) is 11.6 Å². The van der Waals surface area contributed by atoms with E-state index in [0.717, 1.165) is 23.1 Å². The number of halogens is 7. The Morgan fingerprint density at radius 2 is 1.60 bits per heavy atom. The van der Waals surface area contributed by atoms with Gasteiger partial charge in [0.1, 0.15) is 23.7 Å². The number of rotatable bonds is 7. The third kappa shape index (κ3) is 6.65. The Morgan fingerprint density at radius 1 is 0.953 bits per heavy atom. The van der Waals surface area contributed by atoms with Crippen LogP contribution >= 0.6 is 0 Å². The minimum Gasteiger partial charge on any atom is -0.342 e. The zero-order chi connectivity index (χ0) is 31.6. The normalized spacial score (nSPS) is 16.0. The molecule has 3 amide bonds. The van der Waals surface area contributed by atoms with Crippen molar-refractivity contribution in [2.24, 2.45) is 0 Å². The highest BCUT2D eigenvalue weighted by molar-refractivity contribution is 6.03. The summed E-state index contributed by atoms with van der Waals surface area (Å²) in [6, 6.07) is 5.50. The number of hydrogen-bond acceptors (Lipinski definition) is 3. The van der Waals surface area contributed by atoms with Crippen LogP contribution in [0.5, 0.6) is 0 Å². The summed E-state index contributed by atoms with van der Waals surface area (Å²) in [6.45, 7) is 2.98. The first-order chi connectivity index (χ1) is 20.2. The molecule has 3 aromatic carbocycles. The van der Waals surface area contributed by atoms with Gasteiger partial charge in [-0.15, -0.1) is 0 Å². The first-order valence-electron chi connectivity index (χ1n) is 13.2. The second-order valence-electron chi connectivity index (χ2n) is 10.2. The van der Waals surface area contributed by atoms with E-state index in [2.05, 4.69) is 10.6 Å². The number of nitrogens with one attached hydrogen (secondary N) is 2. The van der Waals surface area contributed by atoms with Crippen molar-refractivity contribution in [1.82, 2.24) is 10.6 Å². The standard InChI is InChI=1S/C30H26F7N3O3/c1-15(2)40-26-18(25(34)21(32)14-22(26)33)11-12-23(29(40)43)38-28(42)24(13-16-7-3-6-10-20(16)31)39-27(41)17-8-4-5-9-19(17)30(35,36)37/h3-10,14-15,23-24H,11-13H2,1-2H3,(H,38,42)(H,39,41). The largest absolute Gasteiger partial charge is 0.417 e. The molecule has 0 saturated heterocycles. The second kappa shape index (κ2) is 12.4. The molecule has 4 rings (SSSR count). The van der Waals surface area contributed by atoms with E-state index in [0.29, 0.717) is 12.1 Å². The van der Waals surface area contributed by atoms with Gasteiger partial charge in [-0.3, -0.25) is 14.4 Å². The summed E-state index contributed by atoms with van der Waals surface area (Å²) < 4.78 is 98.8. The predicted octanol–water partition coefficient (Wildman–Crippen LogP) is 5.48. The highest BCUT2D eigenvalue weighted by Gasteiger charge is 2.39. The number of anilines is 1. The molecule has 0 fully saturated rings. The van der Waals surface area contributed by atoms with Crippen molar-refractivity contribution in [2.75, 3.05) is 4.90 Å². The zero-order valence-electron chi connectivity index (χ0n) is 22.9. The van der Waals surface area contributed by atoms with Crippen LogP contribution in [0.15, 0.2) is 54.6 Å². The van der Waals surface area contributed by atoms with Gasteiger partial charge in [0.2, 0.25) is 11.8 Å². The summed E-state index contributed by atoms with van der Waals surface area (Å²) in [5.74, 6) is -7.98. The van der Waals surface area contributed by atoms with Gasteiger partial charge < -0.3 is 15.5 Å². The number of carbonyl (C=O) groups is 3. The maximum atomic E-state index is 14.8. The SMILES string of the molecule is CC(C)N1C(=O)C(NC(=O)C(Cc2ccccc2F)NC(=O)c2ccccc2C(F)(F)F)CCc2c(F)c(F)cc(F)c21. The highest BCUT2D eigenvalue weighted by Crippen LogP contribution is 2.35. The van der Waals surface area contributed by atoms with Gasteiger partial charge in [-0.1, -0.05) is 30.3 Å². The van der Waals surface area contributed by atoms with Crippen LogP contribution in [-0.2, 0) is 28.6 Å². The first kappa shape index (κ1) is 31.5. The van der Waals surface area contributed by atoms with Gasteiger partial charge in [-0.25, -0.2) is 17.6 Å². The Bertz CT molecular complexity index is 1560. The van der Waals surface area contributed by atoms with E-state index in [-0.39, 0.29) is 18.4 Å². The van der Waals surface area contributed by atoms with Crippen molar-refractivity contribution in [3.8, 4) is 0 Å². The van der Waals surface area contributed by atoms with Crippen molar-refractivity contribution < 1.29 is 45.1 Å². The van der Waals surface area contributed by atoms with Gasteiger partial charge >= 0.3 is 6.18 Å². The molecule has 0 bridgehead atoms. The molecule has 2 N–H and O–H groups in total. The average molecular weight is 610 g/mol. The molecule has 0 radical (unpaired) electrons. The molecule has 0 aromatic heterocycles. The summed E-state index contributed by atoms with van der Waals surface area (Å²) in [5.41, 5.74) is -3.00. The van der Waals surface area contributed by atoms with Gasteiger partial charge in [0.05, 0.1) is 16.8 Å². The molecular weight excluding hydrogens is 583 g/mol. The molecule has 43 heavy (non-hydrogen) atoms. The molecule has 1 aliphatic rings. The first-order valence-corrected chi connectivity index (χ1v) is 13.2. The maximum Gasteiger partial charge on any atom is 0.417 e. The molecule has 13 heteroatoms. The fourth-order valence-electron chi connectivity index (χ4n) is 4.99. The lowest BCUT2D eigenvalue weighted by molar-refractivity contribution is -0.138. The number of carbonyl (C=O) groups excluding carboxylic acids is 3. The van der Waals surface area contributed by atoms with E-state index in [4.69, 9.17) is 0 Å². The highest BCUT2D eigenvalue weighted by atomic mass is 19.4. The molecule has 0 saturated carbocycles. The van der Waals surface area contributed by atoms with Crippen LogP contribution in [-0.4, -0.2) is 35.8 Å². The number of alkyl halides is 3. The number of hydrogen-bond donors (Lipinski definition) is 2. The van der Waals surface area contributed by atoms with E-state index in [1.807, 2.05) is 0 Å². The van der Waals surface area contributed by atoms with Crippen LogP contribution in [0.1, 0.15) is 47.3 Å². The molecule has 1 heterocycles. The smallest absolute Gasteiger partial charge is 0.342 e. The molecule has 2 atom stereocenters. The van der Waals surface area contributed by atoms with Crippen molar-refractivity contribution in [3.63, 3.8) is 0 Å². The Morgan fingerprint density at radius 3 is 2.26 bits per heavy atom. The minimum atomic E-state index is -4.90. The van der Waals surface area contributed by atoms with Crippen LogP contribution in [0.3, 0.4) is 0 Å². The summed E-state index contributed by atoms with van der Waals surface area (Å²) in [6.07, 6.45) is -6.08. The van der Waals surface area contributed by atoms with Crippen LogP contribution in [0.25, 0.3) is 0 Å². The van der Waals surface area contributed by atoms with Gasteiger partial charge in [0.25, 0.3) is 5.91 Å². The van der Waals surface area contributed by atoms with E-state index in [1.165, 1.54) is 38.1 Å². The molecule has 1 aliphatic heterocycles. The lowest BCUT2D eigenvalue weighted by atomic mass is 10.0. The monoisotopic (exact) mass is 609 g/mol. The third-order valence-electron chi connectivity index (χ3n) is 7.01. The van der Waals surface area contributed by atoms with Gasteiger partial charge in [-0.05, 0) is 50.5 Å². The number of amides is 3. The Hall–Kier alpha value is -4.42. The second-order valence-corrected chi connectivity index (χ2v) is 10.2. The summed E-state index contributed by atoms with van der Waals surface area (Å²) >= 11 is 0. The Kier molecular flexibility index (Phi) is 9.12. The zero-order valence-corrected chi connectivity index (χ0v) is 22.9. The molecular formula is C30H26F7N3O3. The lowest BCUT2D eigenvalue weighted by Gasteiger charge is -2.30. The van der Waals surface area contributed by atoms with Crippen LogP contribution in [0, 0.1) is 23.3 Å². The molecule has 0 spiro atoms. The lowest BCUT2D eigenvalue weighted by Crippen LogP contribution is -2.55. The molecule has 2 unspecified atom stereocenters. The third-order valence-corrected chi connectivity index (χ3v) is 7.01. The number of benzene rings is 3. The Labute approximate surface area is 241 Å². The predicted molar refractivity (Wildman–Crippen MR) is 142 cm³/mol. The van der Waals surface area contributed by atoms with Gasteiger partial charge in [-0.2, -0.15) is 13.2 Å². The van der Waals surface area contributed by atoms with Crippen LogP contribution in [0.4, 0.5) is 36.4 Å². The van der Waals surface area contributed by atoms with Gasteiger partial charge in [0, 0.05) is 24.1 Å². The summed E-state index contributed by atoms with van der Waals surface area (Å²) in [4.78, 5) is 41.0.